The van der Waals surface area contributed by atoms with E-state index in [0.717, 1.165) is 0 Å². The van der Waals surface area contributed by atoms with Gasteiger partial charge in [0.05, 0.1) is 18.6 Å². The molecule has 23 heavy (non-hydrogen) atoms. The molecule has 0 bridgehead atoms. The minimum Gasteiger partial charge on any atom is -0.461 e. The van der Waals surface area contributed by atoms with Gasteiger partial charge in [-0.15, -0.1) is 0 Å². The van der Waals surface area contributed by atoms with Crippen LogP contribution in [0.2, 0.25) is 5.02 Å². The summed E-state index contributed by atoms with van der Waals surface area (Å²) in [5, 5.41) is 4.61. The lowest BCUT2D eigenvalue weighted by Crippen LogP contribution is -2.46. The molecule has 1 fully saturated rings. The quantitative estimate of drug-likeness (QED) is 0.831. The second-order valence-electron chi connectivity index (χ2n) is 5.54. The molecular weight excluding hydrogens is 322 g/mol. The zero-order chi connectivity index (χ0) is 16.3. The molecule has 1 atom stereocenters. The van der Waals surface area contributed by atoms with E-state index in [9.17, 15) is 4.79 Å². The average Bonchev–Trinajstić information content (AvgIpc) is 3.08. The van der Waals surface area contributed by atoms with Crippen molar-refractivity contribution < 1.29 is 19.0 Å². The van der Waals surface area contributed by atoms with Crippen molar-refractivity contribution in [2.45, 2.75) is 13.2 Å². The van der Waals surface area contributed by atoms with Gasteiger partial charge in [-0.2, -0.15) is 5.10 Å². The van der Waals surface area contributed by atoms with Gasteiger partial charge in [-0.25, -0.2) is 9.67 Å². The fourth-order valence-corrected chi connectivity index (χ4v) is 2.41. The van der Waals surface area contributed by atoms with Crippen LogP contribution in [0.4, 0.5) is 0 Å². The molecule has 7 nitrogen and oxygen atoms in total. The van der Waals surface area contributed by atoms with Crippen molar-refractivity contribution in [1.82, 2.24) is 14.8 Å². The number of rotatable bonds is 5. The van der Waals surface area contributed by atoms with E-state index >= 15 is 0 Å². The SMILES string of the molecule is CC1(C(=O)[C@H](Oc2ccc(Cl)cc2)n2cncn2)COCOC1. The summed E-state index contributed by atoms with van der Waals surface area (Å²) in [5.41, 5.74) is -0.818. The average molecular weight is 338 g/mol. The Balaban J connectivity index is 1.86. The standard InChI is InChI=1S/C15H16ClN3O4/c1-15(6-21-10-22-7-15)13(20)14(19-9-17-8-18-19)23-12-4-2-11(16)3-5-12/h2-5,8-9,14H,6-7,10H2,1H3/t14-/m0/s1. The maximum atomic E-state index is 13.0. The van der Waals surface area contributed by atoms with E-state index in [-0.39, 0.29) is 25.8 Å². The van der Waals surface area contributed by atoms with Gasteiger partial charge in [-0.1, -0.05) is 11.6 Å². The van der Waals surface area contributed by atoms with E-state index in [4.69, 9.17) is 25.8 Å². The molecule has 0 N–H and O–H groups in total. The van der Waals surface area contributed by atoms with Gasteiger partial charge in [-0.3, -0.25) is 4.79 Å². The van der Waals surface area contributed by atoms with Gasteiger partial charge >= 0.3 is 0 Å². The van der Waals surface area contributed by atoms with Crippen LogP contribution in [0.25, 0.3) is 0 Å². The third-order valence-electron chi connectivity index (χ3n) is 3.57. The monoisotopic (exact) mass is 337 g/mol. The Morgan fingerprint density at radius 1 is 1.35 bits per heavy atom. The number of hydrogen-bond donors (Lipinski definition) is 0. The van der Waals surface area contributed by atoms with E-state index in [1.165, 1.54) is 17.3 Å². The topological polar surface area (TPSA) is 75.5 Å². The first-order chi connectivity index (χ1) is 11.1. The largest absolute Gasteiger partial charge is 0.461 e. The number of carbonyl (C=O) groups is 1. The number of Topliss-reactive ketones (excluding diaryl/α,β-unsaturated/α-hetero) is 1. The first-order valence-corrected chi connectivity index (χ1v) is 7.42. The number of carbonyl (C=O) groups excluding carboxylic acids is 1. The van der Waals surface area contributed by atoms with Crippen LogP contribution in [0.15, 0.2) is 36.9 Å². The molecule has 0 saturated carbocycles. The van der Waals surface area contributed by atoms with E-state index < -0.39 is 11.6 Å². The van der Waals surface area contributed by atoms with Gasteiger partial charge in [-0.05, 0) is 31.2 Å². The number of ether oxygens (including phenoxy) is 3. The van der Waals surface area contributed by atoms with Crippen molar-refractivity contribution in [3.8, 4) is 5.75 Å². The van der Waals surface area contributed by atoms with Crippen LogP contribution in [0.1, 0.15) is 13.2 Å². The van der Waals surface area contributed by atoms with Crippen molar-refractivity contribution >= 4 is 17.4 Å². The molecule has 1 aromatic heterocycles. The molecule has 2 aromatic rings. The molecule has 2 heterocycles. The molecule has 8 heteroatoms. The Kier molecular flexibility index (Phi) is 4.61. The lowest BCUT2D eigenvalue weighted by Gasteiger charge is -2.34. The van der Waals surface area contributed by atoms with Crippen LogP contribution < -0.4 is 4.74 Å². The maximum Gasteiger partial charge on any atom is 0.252 e. The molecule has 122 valence electrons. The lowest BCUT2D eigenvalue weighted by molar-refractivity contribution is -0.180. The summed E-state index contributed by atoms with van der Waals surface area (Å²) >= 11 is 5.87. The summed E-state index contributed by atoms with van der Waals surface area (Å²) in [6, 6.07) is 6.76. The van der Waals surface area contributed by atoms with Crippen molar-refractivity contribution in [3.63, 3.8) is 0 Å². The van der Waals surface area contributed by atoms with Crippen LogP contribution in [0, 0.1) is 5.41 Å². The first kappa shape index (κ1) is 15.9. The molecule has 0 amide bonds. The van der Waals surface area contributed by atoms with Crippen LogP contribution >= 0.6 is 11.6 Å². The number of benzene rings is 1. The Hall–Kier alpha value is -1.96. The minimum absolute atomic E-state index is 0.189. The van der Waals surface area contributed by atoms with E-state index in [2.05, 4.69) is 10.1 Å². The van der Waals surface area contributed by atoms with Gasteiger partial charge in [0.2, 0.25) is 5.78 Å². The highest BCUT2D eigenvalue weighted by molar-refractivity contribution is 6.30. The molecule has 1 saturated heterocycles. The van der Waals surface area contributed by atoms with Crippen LogP contribution in [0.3, 0.4) is 0 Å². The third kappa shape index (κ3) is 3.52. The molecule has 3 rings (SSSR count). The number of halogens is 1. The number of nitrogens with zero attached hydrogens (tertiary/aromatic N) is 3. The van der Waals surface area contributed by atoms with Crippen molar-refractivity contribution in [1.29, 1.82) is 0 Å². The summed E-state index contributed by atoms with van der Waals surface area (Å²) in [5.74, 6) is 0.308. The minimum atomic E-state index is -0.964. The smallest absolute Gasteiger partial charge is 0.252 e. The lowest BCUT2D eigenvalue weighted by atomic mass is 9.86. The van der Waals surface area contributed by atoms with E-state index in [0.29, 0.717) is 10.8 Å². The van der Waals surface area contributed by atoms with Gasteiger partial charge in [0.15, 0.2) is 0 Å². The summed E-state index contributed by atoms with van der Waals surface area (Å²) in [4.78, 5) is 16.9. The highest BCUT2D eigenvalue weighted by atomic mass is 35.5. The van der Waals surface area contributed by atoms with E-state index in [1.807, 2.05) is 0 Å². The Labute approximate surface area is 138 Å². The molecular formula is C15H16ClN3O4. The predicted molar refractivity (Wildman–Crippen MR) is 81.0 cm³/mol. The van der Waals surface area contributed by atoms with Gasteiger partial charge < -0.3 is 14.2 Å². The first-order valence-electron chi connectivity index (χ1n) is 7.05. The highest BCUT2D eigenvalue weighted by Crippen LogP contribution is 2.30. The highest BCUT2D eigenvalue weighted by Gasteiger charge is 2.42. The maximum absolute atomic E-state index is 13.0. The molecule has 1 aromatic carbocycles. The zero-order valence-corrected chi connectivity index (χ0v) is 13.3. The number of aromatic nitrogens is 3. The van der Waals surface area contributed by atoms with Crippen molar-refractivity contribution in [2.24, 2.45) is 5.41 Å². The van der Waals surface area contributed by atoms with Crippen molar-refractivity contribution in [3.05, 3.63) is 41.9 Å². The normalized spacial score (nSPS) is 18.3. The zero-order valence-electron chi connectivity index (χ0n) is 12.5. The van der Waals surface area contributed by atoms with Gasteiger partial charge in [0.1, 0.15) is 25.2 Å². The number of hydrogen-bond acceptors (Lipinski definition) is 6. The molecule has 1 aliphatic heterocycles. The third-order valence-corrected chi connectivity index (χ3v) is 3.82. The fraction of sp³-hybridized carbons (Fsp3) is 0.400. The summed E-state index contributed by atoms with van der Waals surface area (Å²) in [6.07, 6.45) is 1.82. The summed E-state index contributed by atoms with van der Waals surface area (Å²) in [7, 11) is 0. The predicted octanol–water partition coefficient (Wildman–Crippen LogP) is 2.09. The van der Waals surface area contributed by atoms with Crippen LogP contribution in [-0.4, -0.2) is 40.6 Å². The van der Waals surface area contributed by atoms with Crippen molar-refractivity contribution in [2.75, 3.05) is 20.0 Å². The second-order valence-corrected chi connectivity index (χ2v) is 5.98. The second kappa shape index (κ2) is 6.66. The van der Waals surface area contributed by atoms with Gasteiger partial charge in [0, 0.05) is 5.02 Å². The molecule has 0 unspecified atom stereocenters. The molecule has 0 aliphatic carbocycles. The fourth-order valence-electron chi connectivity index (χ4n) is 2.28. The molecule has 0 spiro atoms. The summed E-state index contributed by atoms with van der Waals surface area (Å²) < 4.78 is 17.8. The Morgan fingerprint density at radius 2 is 2.04 bits per heavy atom. The molecule has 0 radical (unpaired) electrons. The van der Waals surface area contributed by atoms with Gasteiger partial charge in [0.25, 0.3) is 6.23 Å². The Bertz CT molecular complexity index is 654. The Morgan fingerprint density at radius 3 is 2.65 bits per heavy atom. The summed E-state index contributed by atoms with van der Waals surface area (Å²) in [6.45, 7) is 2.50. The van der Waals surface area contributed by atoms with Crippen LogP contribution in [-0.2, 0) is 14.3 Å². The van der Waals surface area contributed by atoms with E-state index in [1.54, 1.807) is 31.2 Å². The number of ketones is 1. The molecule has 1 aliphatic rings. The van der Waals surface area contributed by atoms with Crippen LogP contribution in [0.5, 0.6) is 5.75 Å².